The van der Waals surface area contributed by atoms with Crippen molar-refractivity contribution in [3.05, 3.63) is 30.0 Å². The van der Waals surface area contributed by atoms with E-state index in [-0.39, 0.29) is 6.10 Å². The molecule has 1 aliphatic carbocycles. The van der Waals surface area contributed by atoms with Gasteiger partial charge in [0.05, 0.1) is 26.0 Å². The van der Waals surface area contributed by atoms with Gasteiger partial charge in [-0.05, 0) is 19.3 Å². The van der Waals surface area contributed by atoms with Crippen molar-refractivity contribution in [1.29, 1.82) is 0 Å². The highest BCUT2D eigenvalue weighted by Gasteiger charge is 2.29. The van der Waals surface area contributed by atoms with E-state index in [4.69, 9.17) is 9.47 Å². The van der Waals surface area contributed by atoms with Crippen molar-refractivity contribution in [2.75, 3.05) is 25.1 Å². The number of fused-ring (bicyclic) bond motifs is 1. The summed E-state index contributed by atoms with van der Waals surface area (Å²) in [5.41, 5.74) is 2.52. The van der Waals surface area contributed by atoms with Gasteiger partial charge < -0.3 is 14.4 Å². The fourth-order valence-electron chi connectivity index (χ4n) is 3.25. The van der Waals surface area contributed by atoms with E-state index >= 15 is 0 Å². The van der Waals surface area contributed by atoms with E-state index < -0.39 is 0 Å². The van der Waals surface area contributed by atoms with Crippen LogP contribution in [0.4, 0.5) is 5.82 Å². The van der Waals surface area contributed by atoms with Crippen molar-refractivity contribution in [3.8, 4) is 11.8 Å². The van der Waals surface area contributed by atoms with Gasteiger partial charge in [0.15, 0.2) is 5.75 Å². The first-order chi connectivity index (χ1) is 11.3. The zero-order valence-corrected chi connectivity index (χ0v) is 13.1. The second kappa shape index (κ2) is 5.98. The third-order valence-electron chi connectivity index (χ3n) is 4.41. The predicted octanol–water partition coefficient (Wildman–Crippen LogP) is 1.42. The number of methoxy groups -OCH3 is 1. The van der Waals surface area contributed by atoms with Crippen LogP contribution in [-0.2, 0) is 12.8 Å². The minimum Gasteiger partial charge on any atom is -0.494 e. The Morgan fingerprint density at radius 1 is 1.13 bits per heavy atom. The second-order valence-corrected chi connectivity index (χ2v) is 5.86. The Hall–Kier alpha value is -2.44. The van der Waals surface area contributed by atoms with E-state index in [0.29, 0.717) is 11.8 Å². The summed E-state index contributed by atoms with van der Waals surface area (Å²) in [6, 6.07) is 0.394. The van der Waals surface area contributed by atoms with Gasteiger partial charge in [0.2, 0.25) is 0 Å². The maximum atomic E-state index is 5.88. The van der Waals surface area contributed by atoms with Gasteiger partial charge in [0, 0.05) is 24.2 Å². The van der Waals surface area contributed by atoms with Crippen LogP contribution < -0.4 is 14.4 Å². The summed E-state index contributed by atoms with van der Waals surface area (Å²) in [5.74, 6) is 1.70. The lowest BCUT2D eigenvalue weighted by Crippen LogP contribution is -2.26. The summed E-state index contributed by atoms with van der Waals surface area (Å²) in [6.07, 6.45) is 9.25. The topological polar surface area (TPSA) is 73.3 Å². The van der Waals surface area contributed by atoms with Crippen LogP contribution in [-0.4, -0.2) is 46.2 Å². The fraction of sp³-hybridized carbons (Fsp3) is 0.500. The Morgan fingerprint density at radius 2 is 2.00 bits per heavy atom. The molecule has 3 heterocycles. The van der Waals surface area contributed by atoms with Crippen LogP contribution >= 0.6 is 0 Å². The van der Waals surface area contributed by atoms with E-state index in [1.165, 1.54) is 17.7 Å². The molecule has 1 atom stereocenters. The normalized spacial score (nSPS) is 19.7. The molecule has 1 aliphatic heterocycles. The number of nitrogens with zero attached hydrogens (tertiary/aromatic N) is 5. The molecule has 1 fully saturated rings. The van der Waals surface area contributed by atoms with Crippen molar-refractivity contribution < 1.29 is 9.47 Å². The van der Waals surface area contributed by atoms with E-state index in [1.54, 1.807) is 25.8 Å². The summed E-state index contributed by atoms with van der Waals surface area (Å²) in [6.45, 7) is 1.74. The van der Waals surface area contributed by atoms with Gasteiger partial charge in [-0.2, -0.15) is 9.97 Å². The molecule has 0 spiro atoms. The third kappa shape index (κ3) is 2.78. The van der Waals surface area contributed by atoms with Gasteiger partial charge in [-0.25, -0.2) is 9.97 Å². The quantitative estimate of drug-likeness (QED) is 0.845. The minimum absolute atomic E-state index is 0.0791. The Labute approximate surface area is 134 Å². The molecule has 0 N–H and O–H groups in total. The van der Waals surface area contributed by atoms with Crippen molar-refractivity contribution in [3.63, 3.8) is 0 Å². The highest BCUT2D eigenvalue weighted by molar-refractivity contribution is 5.51. The highest BCUT2D eigenvalue weighted by Crippen LogP contribution is 2.30. The van der Waals surface area contributed by atoms with E-state index in [0.717, 1.165) is 38.2 Å². The zero-order valence-electron chi connectivity index (χ0n) is 13.1. The van der Waals surface area contributed by atoms with Gasteiger partial charge in [0.1, 0.15) is 18.2 Å². The molecular formula is C16H19N5O2. The van der Waals surface area contributed by atoms with Gasteiger partial charge in [-0.15, -0.1) is 0 Å². The summed E-state index contributed by atoms with van der Waals surface area (Å²) < 4.78 is 10.9. The van der Waals surface area contributed by atoms with Crippen molar-refractivity contribution in [1.82, 2.24) is 19.9 Å². The van der Waals surface area contributed by atoms with Crippen LogP contribution in [0.25, 0.3) is 0 Å². The van der Waals surface area contributed by atoms with E-state index in [9.17, 15) is 0 Å². The van der Waals surface area contributed by atoms with Gasteiger partial charge in [-0.1, -0.05) is 0 Å². The van der Waals surface area contributed by atoms with Crippen LogP contribution in [0.1, 0.15) is 24.1 Å². The van der Waals surface area contributed by atoms with Crippen LogP contribution in [0.15, 0.2) is 18.7 Å². The van der Waals surface area contributed by atoms with Crippen LogP contribution in [0.5, 0.6) is 11.8 Å². The number of aromatic nitrogens is 4. The first-order valence-corrected chi connectivity index (χ1v) is 7.94. The minimum atomic E-state index is 0.0791. The molecule has 0 aromatic carbocycles. The molecule has 1 saturated heterocycles. The van der Waals surface area contributed by atoms with Gasteiger partial charge in [0.25, 0.3) is 0 Å². The molecule has 120 valence electrons. The molecule has 7 nitrogen and oxygen atoms in total. The summed E-state index contributed by atoms with van der Waals surface area (Å²) in [5, 5.41) is 0. The molecule has 0 bridgehead atoms. The molecule has 2 aromatic rings. The SMILES string of the molecule is COc1cnc(OC2CCN(c3ncnc4c3CCC4)C2)nc1. The van der Waals surface area contributed by atoms with Crippen molar-refractivity contribution in [2.45, 2.75) is 31.8 Å². The van der Waals surface area contributed by atoms with Crippen molar-refractivity contribution >= 4 is 5.82 Å². The first-order valence-electron chi connectivity index (χ1n) is 7.94. The Kier molecular flexibility index (Phi) is 3.69. The average Bonchev–Trinajstić information content (AvgIpc) is 3.24. The van der Waals surface area contributed by atoms with Gasteiger partial charge in [-0.3, -0.25) is 0 Å². The Bertz CT molecular complexity index is 691. The predicted molar refractivity (Wildman–Crippen MR) is 83.9 cm³/mol. The van der Waals surface area contributed by atoms with Crippen LogP contribution in [0.2, 0.25) is 0 Å². The lowest BCUT2D eigenvalue weighted by molar-refractivity contribution is 0.205. The van der Waals surface area contributed by atoms with Crippen LogP contribution in [0, 0.1) is 0 Å². The number of ether oxygens (including phenoxy) is 2. The molecule has 0 amide bonds. The molecule has 4 rings (SSSR count). The number of rotatable bonds is 4. The lowest BCUT2D eigenvalue weighted by Gasteiger charge is -2.20. The number of anilines is 1. The fourth-order valence-corrected chi connectivity index (χ4v) is 3.25. The largest absolute Gasteiger partial charge is 0.494 e. The standard InChI is InChI=1S/C16H19N5O2/c1-22-12-7-17-16(18-8-12)23-11-5-6-21(9-11)15-13-3-2-4-14(13)19-10-20-15/h7-8,10-11H,2-6,9H2,1H3. The lowest BCUT2D eigenvalue weighted by atomic mass is 10.2. The molecule has 1 unspecified atom stereocenters. The van der Waals surface area contributed by atoms with Crippen molar-refractivity contribution in [2.24, 2.45) is 0 Å². The molecule has 7 heteroatoms. The molecule has 2 aliphatic rings. The molecular weight excluding hydrogens is 294 g/mol. The maximum Gasteiger partial charge on any atom is 0.316 e. The number of hydrogen-bond acceptors (Lipinski definition) is 7. The van der Waals surface area contributed by atoms with E-state index in [1.807, 2.05) is 0 Å². The average molecular weight is 313 g/mol. The molecule has 2 aromatic heterocycles. The van der Waals surface area contributed by atoms with E-state index in [2.05, 4.69) is 24.8 Å². The highest BCUT2D eigenvalue weighted by atomic mass is 16.5. The maximum absolute atomic E-state index is 5.88. The summed E-state index contributed by atoms with van der Waals surface area (Å²) in [4.78, 5) is 19.5. The smallest absolute Gasteiger partial charge is 0.316 e. The summed E-state index contributed by atoms with van der Waals surface area (Å²) >= 11 is 0. The molecule has 0 saturated carbocycles. The Balaban J connectivity index is 1.44. The number of hydrogen-bond donors (Lipinski definition) is 0. The number of aryl methyl sites for hydroxylation is 1. The van der Waals surface area contributed by atoms with Gasteiger partial charge >= 0.3 is 6.01 Å². The summed E-state index contributed by atoms with van der Waals surface area (Å²) in [7, 11) is 1.59. The monoisotopic (exact) mass is 313 g/mol. The first kappa shape index (κ1) is 14.2. The third-order valence-corrected chi connectivity index (χ3v) is 4.41. The Morgan fingerprint density at radius 3 is 2.83 bits per heavy atom. The molecule has 23 heavy (non-hydrogen) atoms. The van der Waals surface area contributed by atoms with Crippen LogP contribution in [0.3, 0.4) is 0 Å². The molecule has 0 radical (unpaired) electrons. The zero-order chi connectivity index (χ0) is 15.6. The second-order valence-electron chi connectivity index (χ2n) is 5.86.